The van der Waals surface area contributed by atoms with Gasteiger partial charge in [-0.25, -0.2) is 12.7 Å². The van der Waals surface area contributed by atoms with Crippen molar-refractivity contribution in [3.05, 3.63) is 53.0 Å². The van der Waals surface area contributed by atoms with Crippen LogP contribution in [0.3, 0.4) is 0 Å². The molecule has 3 rings (SSSR count). The number of carbonyl (C=O) groups is 1. The van der Waals surface area contributed by atoms with Crippen LogP contribution in [0, 0.1) is 0 Å². The molecule has 8 nitrogen and oxygen atoms in total. The molecule has 0 unspecified atom stereocenters. The van der Waals surface area contributed by atoms with E-state index < -0.39 is 10.0 Å². The number of carbonyl (C=O) groups excluding carboxylic acids is 1. The monoisotopic (exact) mass is 496 g/mol. The Balaban J connectivity index is 1.58. The fourth-order valence-electron chi connectivity index (χ4n) is 2.26. The number of hydrogen-bond acceptors (Lipinski definition) is 7. The first-order valence-electron chi connectivity index (χ1n) is 8.31. The number of sulfonamides is 1. The summed E-state index contributed by atoms with van der Waals surface area (Å²) in [6, 6.07) is 13.4. The highest BCUT2D eigenvalue weighted by atomic mass is 79.9. The lowest BCUT2D eigenvalue weighted by Crippen LogP contribution is -2.22. The molecule has 0 saturated carbocycles. The molecule has 0 atom stereocenters. The van der Waals surface area contributed by atoms with Crippen LogP contribution in [-0.4, -0.2) is 48.7 Å². The number of halogens is 1. The third-order valence-electron chi connectivity index (χ3n) is 3.75. The largest absolute Gasteiger partial charge is 0.411 e. The van der Waals surface area contributed by atoms with Crippen LogP contribution in [0.15, 0.2) is 67.5 Å². The third kappa shape index (κ3) is 5.24. The maximum absolute atomic E-state index is 12.2. The lowest BCUT2D eigenvalue weighted by Gasteiger charge is -2.11. The van der Waals surface area contributed by atoms with Crippen molar-refractivity contribution in [2.45, 2.75) is 10.1 Å². The predicted octanol–water partition coefficient (Wildman–Crippen LogP) is 3.48. The number of benzene rings is 2. The van der Waals surface area contributed by atoms with E-state index in [9.17, 15) is 13.2 Å². The Kier molecular flexibility index (Phi) is 6.73. The minimum Gasteiger partial charge on any atom is -0.411 e. The molecular formula is C18H17BrN4O4S2. The predicted molar refractivity (Wildman–Crippen MR) is 114 cm³/mol. The van der Waals surface area contributed by atoms with Crippen molar-refractivity contribution in [3.63, 3.8) is 0 Å². The minimum atomic E-state index is -3.51. The molecule has 0 aliphatic heterocycles. The van der Waals surface area contributed by atoms with Gasteiger partial charge in [0.2, 0.25) is 21.8 Å². The van der Waals surface area contributed by atoms with Crippen LogP contribution in [0.25, 0.3) is 11.5 Å². The maximum Gasteiger partial charge on any atom is 0.277 e. The molecule has 0 aliphatic carbocycles. The maximum atomic E-state index is 12.2. The van der Waals surface area contributed by atoms with Crippen LogP contribution in [0.4, 0.5) is 5.69 Å². The molecule has 0 saturated heterocycles. The van der Waals surface area contributed by atoms with Crippen molar-refractivity contribution in [1.29, 1.82) is 0 Å². The van der Waals surface area contributed by atoms with E-state index in [1.165, 1.54) is 38.4 Å². The molecule has 0 fully saturated rings. The molecule has 0 bridgehead atoms. The van der Waals surface area contributed by atoms with Gasteiger partial charge in [-0.15, -0.1) is 10.2 Å². The van der Waals surface area contributed by atoms with E-state index in [1.54, 1.807) is 0 Å². The summed E-state index contributed by atoms with van der Waals surface area (Å²) in [6.07, 6.45) is 0. The van der Waals surface area contributed by atoms with Crippen molar-refractivity contribution in [2.75, 3.05) is 25.2 Å². The Morgan fingerprint density at radius 1 is 1.14 bits per heavy atom. The molecular weight excluding hydrogens is 480 g/mol. The van der Waals surface area contributed by atoms with Crippen LogP contribution in [-0.2, 0) is 14.8 Å². The van der Waals surface area contributed by atoms with Gasteiger partial charge in [0.1, 0.15) is 0 Å². The summed E-state index contributed by atoms with van der Waals surface area (Å²) in [5.74, 6) is 0.145. The Morgan fingerprint density at radius 3 is 2.48 bits per heavy atom. The fourth-order valence-corrected chi connectivity index (χ4v) is 4.18. The summed E-state index contributed by atoms with van der Waals surface area (Å²) >= 11 is 4.54. The Morgan fingerprint density at radius 2 is 1.83 bits per heavy atom. The van der Waals surface area contributed by atoms with Gasteiger partial charge in [-0.2, -0.15) is 0 Å². The van der Waals surface area contributed by atoms with Crippen LogP contribution >= 0.6 is 27.7 Å². The summed E-state index contributed by atoms with van der Waals surface area (Å²) in [7, 11) is -0.587. The Labute approximate surface area is 180 Å². The van der Waals surface area contributed by atoms with Gasteiger partial charge >= 0.3 is 0 Å². The van der Waals surface area contributed by atoms with Crippen LogP contribution in [0.2, 0.25) is 0 Å². The van der Waals surface area contributed by atoms with E-state index >= 15 is 0 Å². The fraction of sp³-hybridized carbons (Fsp3) is 0.167. The van der Waals surface area contributed by atoms with Gasteiger partial charge in [0.25, 0.3) is 5.22 Å². The molecule has 1 aromatic heterocycles. The molecule has 0 aliphatic rings. The Bertz CT molecular complexity index is 1110. The number of thioether (sulfide) groups is 1. The van der Waals surface area contributed by atoms with Crippen LogP contribution < -0.4 is 5.32 Å². The van der Waals surface area contributed by atoms with E-state index in [0.29, 0.717) is 11.6 Å². The summed E-state index contributed by atoms with van der Waals surface area (Å²) in [5.41, 5.74) is 1.26. The van der Waals surface area contributed by atoms with Crippen molar-refractivity contribution in [2.24, 2.45) is 0 Å². The second kappa shape index (κ2) is 9.08. The molecule has 1 heterocycles. The highest BCUT2D eigenvalue weighted by Crippen LogP contribution is 2.29. The number of nitrogens with zero attached hydrogens (tertiary/aromatic N) is 3. The molecule has 152 valence electrons. The normalized spacial score (nSPS) is 11.6. The molecule has 1 amide bonds. The molecule has 0 spiro atoms. The van der Waals surface area contributed by atoms with E-state index in [4.69, 9.17) is 4.42 Å². The van der Waals surface area contributed by atoms with Gasteiger partial charge in [-0.3, -0.25) is 4.79 Å². The van der Waals surface area contributed by atoms with Crippen LogP contribution in [0.5, 0.6) is 0 Å². The summed E-state index contributed by atoms with van der Waals surface area (Å²) in [5, 5.41) is 10.9. The molecule has 3 aromatic rings. The molecule has 1 N–H and O–H groups in total. The smallest absolute Gasteiger partial charge is 0.277 e. The molecule has 0 radical (unpaired) electrons. The van der Waals surface area contributed by atoms with Crippen molar-refractivity contribution >= 4 is 49.3 Å². The molecule has 11 heteroatoms. The second-order valence-electron chi connectivity index (χ2n) is 6.00. The van der Waals surface area contributed by atoms with Gasteiger partial charge in [-0.05, 0) is 52.3 Å². The number of aromatic nitrogens is 2. The highest BCUT2D eigenvalue weighted by Gasteiger charge is 2.17. The zero-order chi connectivity index (χ0) is 21.0. The van der Waals surface area contributed by atoms with Gasteiger partial charge < -0.3 is 9.73 Å². The van der Waals surface area contributed by atoms with Crippen molar-refractivity contribution in [3.8, 4) is 11.5 Å². The van der Waals surface area contributed by atoms with E-state index in [0.717, 1.165) is 26.1 Å². The SMILES string of the molecule is CN(C)S(=O)(=O)c1ccc(NC(=O)CSc2nnc(-c3ccccc3Br)o2)cc1. The van der Waals surface area contributed by atoms with Gasteiger partial charge in [0, 0.05) is 24.3 Å². The minimum absolute atomic E-state index is 0.0648. The zero-order valence-corrected chi connectivity index (χ0v) is 18.7. The standard InChI is InChI=1S/C18H17BrN4O4S2/c1-23(2)29(25,26)13-9-7-12(8-10-13)20-16(24)11-28-18-22-21-17(27-18)14-5-3-4-6-15(14)19/h3-10H,11H2,1-2H3,(H,20,24). The Hall–Kier alpha value is -2.21. The number of rotatable bonds is 7. The van der Waals surface area contributed by atoms with E-state index in [-0.39, 0.29) is 21.8 Å². The van der Waals surface area contributed by atoms with Crippen LogP contribution in [0.1, 0.15) is 0 Å². The highest BCUT2D eigenvalue weighted by molar-refractivity contribution is 9.10. The number of nitrogens with one attached hydrogen (secondary N) is 1. The van der Waals surface area contributed by atoms with Crippen molar-refractivity contribution in [1.82, 2.24) is 14.5 Å². The second-order valence-corrected chi connectivity index (χ2v) is 9.93. The van der Waals surface area contributed by atoms with E-state index in [1.807, 2.05) is 24.3 Å². The number of hydrogen-bond donors (Lipinski definition) is 1. The average Bonchev–Trinajstić information content (AvgIpc) is 3.16. The first-order chi connectivity index (χ1) is 13.8. The topological polar surface area (TPSA) is 105 Å². The first-order valence-corrected chi connectivity index (χ1v) is 11.5. The van der Waals surface area contributed by atoms with Crippen molar-refractivity contribution < 1.29 is 17.6 Å². The third-order valence-corrected chi connectivity index (χ3v) is 7.09. The number of amides is 1. The first kappa shape index (κ1) is 21.5. The number of anilines is 1. The lowest BCUT2D eigenvalue weighted by atomic mass is 10.2. The summed E-state index contributed by atoms with van der Waals surface area (Å²) in [6.45, 7) is 0. The molecule has 29 heavy (non-hydrogen) atoms. The quantitative estimate of drug-likeness (QED) is 0.499. The van der Waals surface area contributed by atoms with Gasteiger partial charge in [0.15, 0.2) is 0 Å². The molecule has 2 aromatic carbocycles. The van der Waals surface area contributed by atoms with E-state index in [2.05, 4.69) is 31.4 Å². The summed E-state index contributed by atoms with van der Waals surface area (Å²) < 4.78 is 31.7. The van der Waals surface area contributed by atoms with Gasteiger partial charge in [0.05, 0.1) is 16.2 Å². The average molecular weight is 497 g/mol. The lowest BCUT2D eigenvalue weighted by molar-refractivity contribution is -0.113. The summed E-state index contributed by atoms with van der Waals surface area (Å²) in [4.78, 5) is 12.3. The zero-order valence-electron chi connectivity index (χ0n) is 15.5. The van der Waals surface area contributed by atoms with Gasteiger partial charge in [-0.1, -0.05) is 23.9 Å².